The molecule has 8 heteroatoms. The van der Waals surface area contributed by atoms with Crippen molar-refractivity contribution in [2.75, 3.05) is 31.7 Å². The maximum absolute atomic E-state index is 12.4. The van der Waals surface area contributed by atoms with Crippen LogP contribution in [0.5, 0.6) is 11.5 Å². The summed E-state index contributed by atoms with van der Waals surface area (Å²) in [4.78, 5) is 14.5. The predicted molar refractivity (Wildman–Crippen MR) is 121 cm³/mol. The van der Waals surface area contributed by atoms with Crippen LogP contribution < -0.4 is 19.7 Å². The molecule has 0 spiro atoms. The maximum Gasteiger partial charge on any atom is 0.258 e. The number of aromatic nitrogens is 2. The summed E-state index contributed by atoms with van der Waals surface area (Å²) in [7, 11) is 1.61. The van der Waals surface area contributed by atoms with E-state index in [0.29, 0.717) is 17.3 Å². The number of nitrogens with zero attached hydrogens (tertiary/aromatic N) is 2. The monoisotopic (exact) mass is 440 g/mol. The van der Waals surface area contributed by atoms with Crippen molar-refractivity contribution in [2.45, 2.75) is 18.9 Å². The minimum atomic E-state index is -0.133. The van der Waals surface area contributed by atoms with E-state index >= 15 is 0 Å². The van der Waals surface area contributed by atoms with Crippen molar-refractivity contribution in [2.24, 2.45) is 0 Å². The second-order valence-corrected chi connectivity index (χ2v) is 7.90. The Morgan fingerprint density at radius 2 is 1.94 bits per heavy atom. The average Bonchev–Trinajstić information content (AvgIpc) is 3.29. The van der Waals surface area contributed by atoms with Gasteiger partial charge in [-0.2, -0.15) is 5.10 Å². The number of carbonyl (C=O) groups excluding carboxylic acids is 1. The fourth-order valence-electron chi connectivity index (χ4n) is 3.64. The Morgan fingerprint density at radius 3 is 2.68 bits per heavy atom. The average molecular weight is 441 g/mol. The molecule has 0 aliphatic carbocycles. The van der Waals surface area contributed by atoms with Gasteiger partial charge in [-0.1, -0.05) is 23.7 Å². The number of carbonyl (C=O) groups is 1. The van der Waals surface area contributed by atoms with Crippen molar-refractivity contribution >= 4 is 23.3 Å². The molecule has 1 aliphatic rings. The lowest BCUT2D eigenvalue weighted by molar-refractivity contribution is -0.123. The van der Waals surface area contributed by atoms with Crippen LogP contribution in [0.1, 0.15) is 12.8 Å². The van der Waals surface area contributed by atoms with E-state index in [2.05, 4.69) is 20.4 Å². The molecule has 2 aromatic carbocycles. The van der Waals surface area contributed by atoms with E-state index in [1.54, 1.807) is 31.4 Å². The highest BCUT2D eigenvalue weighted by molar-refractivity contribution is 6.30. The Labute approximate surface area is 186 Å². The van der Waals surface area contributed by atoms with E-state index in [-0.39, 0.29) is 18.6 Å². The molecule has 7 nitrogen and oxygen atoms in total. The minimum absolute atomic E-state index is 0.0219. The molecule has 0 bridgehead atoms. The number of hydrogen-bond donors (Lipinski definition) is 2. The van der Waals surface area contributed by atoms with Crippen LogP contribution in [0.25, 0.3) is 11.3 Å². The van der Waals surface area contributed by atoms with Crippen molar-refractivity contribution in [1.29, 1.82) is 0 Å². The summed E-state index contributed by atoms with van der Waals surface area (Å²) in [6, 6.07) is 16.9. The van der Waals surface area contributed by atoms with Gasteiger partial charge in [0.05, 0.1) is 12.8 Å². The number of amides is 1. The van der Waals surface area contributed by atoms with Crippen molar-refractivity contribution in [3.05, 3.63) is 59.6 Å². The SMILES string of the molecule is COc1ccc(OCC(=O)N[C@@H]2CCCN(c3cc(-c4ccc(Cl)cc4)[nH]n3)C2)cc1. The van der Waals surface area contributed by atoms with Crippen LogP contribution in [0, 0.1) is 0 Å². The first kappa shape index (κ1) is 21.1. The Bertz CT molecular complexity index is 1000. The number of methoxy groups -OCH3 is 1. The lowest BCUT2D eigenvalue weighted by Gasteiger charge is -2.33. The Morgan fingerprint density at radius 1 is 1.19 bits per heavy atom. The zero-order valence-corrected chi connectivity index (χ0v) is 18.1. The summed E-state index contributed by atoms with van der Waals surface area (Å²) >= 11 is 5.97. The smallest absolute Gasteiger partial charge is 0.258 e. The van der Waals surface area contributed by atoms with Crippen LogP contribution in [0.15, 0.2) is 54.6 Å². The maximum atomic E-state index is 12.4. The molecule has 1 atom stereocenters. The van der Waals surface area contributed by atoms with Crippen molar-refractivity contribution in [3.8, 4) is 22.8 Å². The van der Waals surface area contributed by atoms with E-state index < -0.39 is 0 Å². The van der Waals surface area contributed by atoms with Crippen LogP contribution in [-0.2, 0) is 4.79 Å². The van der Waals surface area contributed by atoms with Gasteiger partial charge in [0.2, 0.25) is 0 Å². The number of hydrogen-bond acceptors (Lipinski definition) is 5. The van der Waals surface area contributed by atoms with Crippen LogP contribution in [0.3, 0.4) is 0 Å². The number of H-pyrrole nitrogens is 1. The fraction of sp³-hybridized carbons (Fsp3) is 0.304. The van der Waals surface area contributed by atoms with Gasteiger partial charge in [-0.05, 0) is 54.8 Å². The third-order valence-corrected chi connectivity index (χ3v) is 5.51. The van der Waals surface area contributed by atoms with Gasteiger partial charge in [-0.25, -0.2) is 0 Å². The van der Waals surface area contributed by atoms with Gasteiger partial charge in [0.25, 0.3) is 5.91 Å². The quantitative estimate of drug-likeness (QED) is 0.582. The summed E-state index contributed by atoms with van der Waals surface area (Å²) < 4.78 is 10.7. The molecular weight excluding hydrogens is 416 g/mol. The highest BCUT2D eigenvalue weighted by Gasteiger charge is 2.23. The van der Waals surface area contributed by atoms with Crippen LogP contribution in [0.2, 0.25) is 5.02 Å². The van der Waals surface area contributed by atoms with Crippen molar-refractivity contribution < 1.29 is 14.3 Å². The van der Waals surface area contributed by atoms with Crippen LogP contribution in [0.4, 0.5) is 5.82 Å². The predicted octanol–water partition coefficient (Wildman–Crippen LogP) is 3.90. The van der Waals surface area contributed by atoms with Gasteiger partial charge in [-0.3, -0.25) is 9.89 Å². The highest BCUT2D eigenvalue weighted by atomic mass is 35.5. The lowest BCUT2D eigenvalue weighted by Crippen LogP contribution is -2.49. The topological polar surface area (TPSA) is 79.5 Å². The molecule has 2 heterocycles. The molecule has 162 valence electrons. The van der Waals surface area contributed by atoms with Gasteiger partial charge in [0.15, 0.2) is 12.4 Å². The minimum Gasteiger partial charge on any atom is -0.497 e. The second kappa shape index (κ2) is 9.75. The van der Waals surface area contributed by atoms with E-state index in [9.17, 15) is 4.79 Å². The first-order valence-corrected chi connectivity index (χ1v) is 10.6. The first-order chi connectivity index (χ1) is 15.1. The molecule has 1 fully saturated rings. The Hall–Kier alpha value is -3.19. The zero-order valence-electron chi connectivity index (χ0n) is 17.3. The number of rotatable bonds is 7. The van der Waals surface area contributed by atoms with Gasteiger partial charge in [-0.15, -0.1) is 0 Å². The van der Waals surface area contributed by atoms with E-state index in [0.717, 1.165) is 42.2 Å². The van der Waals surface area contributed by atoms with Gasteiger partial charge < -0.3 is 19.7 Å². The number of ether oxygens (including phenoxy) is 2. The summed E-state index contributed by atoms with van der Waals surface area (Å²) in [5, 5.41) is 11.3. The van der Waals surface area contributed by atoms with E-state index in [1.165, 1.54) is 0 Å². The molecule has 4 rings (SSSR count). The number of piperidine rings is 1. The third-order valence-electron chi connectivity index (χ3n) is 5.26. The third kappa shape index (κ3) is 5.49. The lowest BCUT2D eigenvalue weighted by atomic mass is 10.1. The molecular formula is C23H25ClN4O3. The normalized spacial score (nSPS) is 16.1. The Kier molecular flexibility index (Phi) is 6.62. The summed E-state index contributed by atoms with van der Waals surface area (Å²) in [6.45, 7) is 1.59. The van der Waals surface area contributed by atoms with E-state index in [1.807, 2.05) is 30.3 Å². The van der Waals surface area contributed by atoms with Gasteiger partial charge >= 0.3 is 0 Å². The second-order valence-electron chi connectivity index (χ2n) is 7.46. The van der Waals surface area contributed by atoms with Crippen LogP contribution >= 0.6 is 11.6 Å². The highest BCUT2D eigenvalue weighted by Crippen LogP contribution is 2.25. The zero-order chi connectivity index (χ0) is 21.6. The van der Waals surface area contributed by atoms with E-state index in [4.69, 9.17) is 21.1 Å². The molecule has 1 aliphatic heterocycles. The Balaban J connectivity index is 1.30. The molecule has 31 heavy (non-hydrogen) atoms. The molecule has 0 unspecified atom stereocenters. The number of nitrogens with one attached hydrogen (secondary N) is 2. The molecule has 1 amide bonds. The largest absolute Gasteiger partial charge is 0.497 e. The number of benzene rings is 2. The number of aromatic amines is 1. The molecule has 0 saturated carbocycles. The van der Waals surface area contributed by atoms with Crippen molar-refractivity contribution in [1.82, 2.24) is 15.5 Å². The summed E-state index contributed by atoms with van der Waals surface area (Å²) in [5.41, 5.74) is 1.96. The first-order valence-electron chi connectivity index (χ1n) is 10.2. The van der Waals surface area contributed by atoms with Gasteiger partial charge in [0, 0.05) is 30.2 Å². The van der Waals surface area contributed by atoms with Gasteiger partial charge in [0.1, 0.15) is 11.5 Å². The van der Waals surface area contributed by atoms with Crippen LogP contribution in [-0.4, -0.2) is 49.0 Å². The molecule has 0 radical (unpaired) electrons. The molecule has 2 N–H and O–H groups in total. The summed E-state index contributed by atoms with van der Waals surface area (Å²) in [5.74, 6) is 2.12. The fourth-order valence-corrected chi connectivity index (χ4v) is 3.77. The number of halogens is 1. The standard InChI is InChI=1S/C23H25ClN4O3/c1-30-19-8-10-20(11-9-19)31-15-23(29)25-18-3-2-12-28(14-18)22-13-21(26-27-22)16-4-6-17(24)7-5-16/h4-11,13,18H,2-3,12,14-15H2,1H3,(H,25,29)(H,26,27)/t18-/m1/s1. The molecule has 3 aromatic rings. The molecule has 1 aromatic heterocycles. The number of anilines is 1. The summed E-state index contributed by atoms with van der Waals surface area (Å²) in [6.07, 6.45) is 1.91. The molecule has 1 saturated heterocycles. The van der Waals surface area contributed by atoms with Crippen molar-refractivity contribution in [3.63, 3.8) is 0 Å².